The minimum absolute atomic E-state index is 0.201. The quantitative estimate of drug-likeness (QED) is 0.652. The molecular formula is C17H16ClN5O2. The van der Waals surface area contributed by atoms with Gasteiger partial charge in [0.1, 0.15) is 12.0 Å². The summed E-state index contributed by atoms with van der Waals surface area (Å²) in [6, 6.07) is 6.83. The first kappa shape index (κ1) is 15.7. The van der Waals surface area contributed by atoms with Crippen molar-refractivity contribution in [3.05, 3.63) is 47.0 Å². The van der Waals surface area contributed by atoms with Crippen LogP contribution in [0, 0.1) is 0 Å². The van der Waals surface area contributed by atoms with Gasteiger partial charge in [-0.2, -0.15) is 0 Å². The lowest BCUT2D eigenvalue weighted by atomic mass is 10.0. The summed E-state index contributed by atoms with van der Waals surface area (Å²) in [5.41, 5.74) is 3.07. The summed E-state index contributed by atoms with van der Waals surface area (Å²) in [5.74, 6) is -0.407. The molecule has 0 radical (unpaired) electrons. The molecule has 2 aromatic heterocycles. The van der Waals surface area contributed by atoms with Crippen LogP contribution in [0.3, 0.4) is 0 Å². The third-order valence-electron chi connectivity index (χ3n) is 4.63. The minimum atomic E-state index is -0.979. The zero-order chi connectivity index (χ0) is 17.7. The maximum atomic E-state index is 12.1. The molecule has 0 saturated heterocycles. The van der Waals surface area contributed by atoms with Crippen molar-refractivity contribution < 1.29 is 9.90 Å². The average molecular weight is 358 g/mol. The van der Waals surface area contributed by atoms with Gasteiger partial charge in [-0.05, 0) is 6.07 Å². The summed E-state index contributed by atoms with van der Waals surface area (Å²) in [6.45, 7) is 0.506. The summed E-state index contributed by atoms with van der Waals surface area (Å²) in [4.78, 5) is 22.3. The Bertz CT molecular complexity index is 1000. The molecule has 0 aliphatic carbocycles. The van der Waals surface area contributed by atoms with Crippen LogP contribution in [0.25, 0.3) is 10.9 Å². The number of carboxylic acids is 1. The van der Waals surface area contributed by atoms with Crippen LogP contribution in [0.1, 0.15) is 17.3 Å². The Morgan fingerprint density at radius 1 is 1.32 bits per heavy atom. The van der Waals surface area contributed by atoms with Crippen molar-refractivity contribution in [3.63, 3.8) is 0 Å². The number of hydrogen-bond acceptors (Lipinski definition) is 5. The molecule has 1 aliphatic rings. The van der Waals surface area contributed by atoms with Gasteiger partial charge in [0.05, 0.1) is 6.54 Å². The molecule has 4 rings (SSSR count). The number of nitrogens with zero attached hydrogens (tertiary/aromatic N) is 4. The van der Waals surface area contributed by atoms with Gasteiger partial charge in [-0.25, -0.2) is 14.8 Å². The zero-order valence-corrected chi connectivity index (χ0v) is 14.4. The molecule has 8 heteroatoms. The largest absolute Gasteiger partial charge is 0.479 e. The van der Waals surface area contributed by atoms with Gasteiger partial charge in [-0.3, -0.25) is 0 Å². The number of aryl methyl sites for hydroxylation is 1. The highest BCUT2D eigenvalue weighted by atomic mass is 35.5. The van der Waals surface area contributed by atoms with E-state index >= 15 is 0 Å². The van der Waals surface area contributed by atoms with Crippen molar-refractivity contribution in [2.45, 2.75) is 12.6 Å². The number of aromatic nitrogens is 3. The van der Waals surface area contributed by atoms with Crippen LogP contribution in [0.4, 0.5) is 11.5 Å². The zero-order valence-electron chi connectivity index (χ0n) is 13.7. The molecule has 2 N–H and O–H groups in total. The molecule has 0 saturated carbocycles. The Morgan fingerprint density at radius 2 is 2.08 bits per heavy atom. The third kappa shape index (κ3) is 2.31. The first-order valence-electron chi connectivity index (χ1n) is 7.76. The Hall–Kier alpha value is -2.80. The van der Waals surface area contributed by atoms with E-state index in [2.05, 4.69) is 15.3 Å². The van der Waals surface area contributed by atoms with Crippen molar-refractivity contribution in [1.82, 2.24) is 14.5 Å². The molecule has 128 valence electrons. The average Bonchev–Trinajstić information content (AvgIpc) is 2.84. The maximum Gasteiger partial charge on any atom is 0.330 e. The number of benzene rings is 1. The van der Waals surface area contributed by atoms with E-state index in [0.29, 0.717) is 18.1 Å². The lowest BCUT2D eigenvalue weighted by Gasteiger charge is -2.28. The molecule has 1 unspecified atom stereocenters. The number of para-hydroxylation sites is 1. The number of aliphatic carboxylic acids is 1. The first-order valence-corrected chi connectivity index (χ1v) is 8.14. The highest BCUT2D eigenvalue weighted by Crippen LogP contribution is 2.39. The molecule has 1 aliphatic heterocycles. The second-order valence-electron chi connectivity index (χ2n) is 6.07. The monoisotopic (exact) mass is 357 g/mol. The molecule has 3 aromatic rings. The smallest absolute Gasteiger partial charge is 0.330 e. The van der Waals surface area contributed by atoms with Crippen LogP contribution < -0.4 is 10.2 Å². The number of rotatable bonds is 1. The molecule has 7 nitrogen and oxygen atoms in total. The topological polar surface area (TPSA) is 83.3 Å². The molecule has 1 atom stereocenters. The van der Waals surface area contributed by atoms with Crippen LogP contribution >= 0.6 is 11.6 Å². The molecule has 1 aromatic carbocycles. The highest BCUT2D eigenvalue weighted by Gasteiger charge is 2.33. The second kappa shape index (κ2) is 5.63. The van der Waals surface area contributed by atoms with Crippen molar-refractivity contribution in [3.8, 4) is 0 Å². The van der Waals surface area contributed by atoms with Gasteiger partial charge in [-0.15, -0.1) is 0 Å². The summed E-state index contributed by atoms with van der Waals surface area (Å²) < 4.78 is 2.03. The minimum Gasteiger partial charge on any atom is -0.479 e. The molecule has 25 heavy (non-hydrogen) atoms. The molecule has 0 fully saturated rings. The number of carboxylic acid groups (broad SMARTS) is 1. The number of nitrogens with one attached hydrogen (secondary N) is 1. The number of anilines is 2. The van der Waals surface area contributed by atoms with Crippen molar-refractivity contribution in [1.29, 1.82) is 0 Å². The predicted octanol–water partition coefficient (Wildman–Crippen LogP) is 2.81. The van der Waals surface area contributed by atoms with Crippen LogP contribution in [-0.4, -0.2) is 32.7 Å². The fraction of sp³-hybridized carbons (Fsp3) is 0.235. The van der Waals surface area contributed by atoms with Crippen molar-refractivity contribution in [2.75, 3.05) is 17.3 Å². The highest BCUT2D eigenvalue weighted by molar-refractivity contribution is 6.32. The number of hydrogen-bond donors (Lipinski definition) is 2. The van der Waals surface area contributed by atoms with Gasteiger partial charge in [0, 0.05) is 36.3 Å². The summed E-state index contributed by atoms with van der Waals surface area (Å²) >= 11 is 6.22. The van der Waals surface area contributed by atoms with Gasteiger partial charge < -0.3 is 19.9 Å². The molecule has 0 spiro atoms. The lowest BCUT2D eigenvalue weighted by Crippen LogP contribution is -2.30. The second-order valence-corrected chi connectivity index (χ2v) is 6.43. The maximum absolute atomic E-state index is 12.1. The number of halogens is 1. The van der Waals surface area contributed by atoms with Gasteiger partial charge in [0.15, 0.2) is 17.0 Å². The lowest BCUT2D eigenvalue weighted by molar-refractivity contribution is -0.138. The van der Waals surface area contributed by atoms with Gasteiger partial charge >= 0.3 is 5.97 Å². The predicted molar refractivity (Wildman–Crippen MR) is 96.1 cm³/mol. The van der Waals surface area contributed by atoms with E-state index in [0.717, 1.165) is 22.2 Å². The van der Waals surface area contributed by atoms with Gasteiger partial charge in [0.25, 0.3) is 0 Å². The normalized spacial score (nSPS) is 16.6. The molecular weight excluding hydrogens is 342 g/mol. The van der Waals surface area contributed by atoms with E-state index in [1.165, 1.54) is 6.33 Å². The fourth-order valence-electron chi connectivity index (χ4n) is 3.46. The van der Waals surface area contributed by atoms with E-state index in [1.807, 2.05) is 47.8 Å². The van der Waals surface area contributed by atoms with Gasteiger partial charge in [-0.1, -0.05) is 29.8 Å². The number of fused-ring (bicyclic) bond motifs is 4. The van der Waals surface area contributed by atoms with E-state index in [-0.39, 0.29) is 5.15 Å². The number of carbonyl (C=O) groups is 1. The van der Waals surface area contributed by atoms with Crippen LogP contribution in [0.2, 0.25) is 5.15 Å². The SMILES string of the molecule is CN1Cc2c(c3ccccc3n2C)C(C(=O)O)Nc2c(Cl)ncnc21. The Kier molecular flexibility index (Phi) is 3.54. The van der Waals surface area contributed by atoms with Crippen LogP contribution in [0.5, 0.6) is 0 Å². The molecule has 3 heterocycles. The van der Waals surface area contributed by atoms with Crippen molar-refractivity contribution >= 4 is 40.0 Å². The third-order valence-corrected chi connectivity index (χ3v) is 4.91. The fourth-order valence-corrected chi connectivity index (χ4v) is 3.64. The van der Waals surface area contributed by atoms with E-state index < -0.39 is 12.0 Å². The molecule has 0 bridgehead atoms. The summed E-state index contributed by atoms with van der Waals surface area (Å²) in [6.07, 6.45) is 1.37. The van der Waals surface area contributed by atoms with Crippen LogP contribution in [0.15, 0.2) is 30.6 Å². The summed E-state index contributed by atoms with van der Waals surface area (Å²) in [7, 11) is 3.84. The van der Waals surface area contributed by atoms with Crippen LogP contribution in [-0.2, 0) is 18.4 Å². The Balaban J connectivity index is 2.03. The molecule has 0 amide bonds. The Labute approximate surface area is 148 Å². The van der Waals surface area contributed by atoms with E-state index in [9.17, 15) is 9.90 Å². The standard InChI is InChI=1S/C17H16ClN5O2/c1-22-7-11-12(9-5-3-4-6-10(9)23(11)2)13(17(24)25)21-14-15(18)19-8-20-16(14)22/h3-6,8,13,21H,7H2,1-2H3,(H,24,25). The van der Waals surface area contributed by atoms with E-state index in [1.54, 1.807) is 0 Å². The summed E-state index contributed by atoms with van der Waals surface area (Å²) in [5, 5.41) is 14.0. The van der Waals surface area contributed by atoms with Crippen molar-refractivity contribution in [2.24, 2.45) is 7.05 Å². The first-order chi connectivity index (χ1) is 12.0. The Morgan fingerprint density at radius 3 is 2.84 bits per heavy atom. The van der Waals surface area contributed by atoms with E-state index in [4.69, 9.17) is 11.6 Å². The van der Waals surface area contributed by atoms with Gasteiger partial charge in [0.2, 0.25) is 0 Å².